The molecule has 2 aromatic carbocycles. The highest BCUT2D eigenvalue weighted by Crippen LogP contribution is 2.18. The van der Waals surface area contributed by atoms with Crippen molar-refractivity contribution in [2.24, 2.45) is 0 Å². The van der Waals surface area contributed by atoms with Gasteiger partial charge in [0.25, 0.3) is 5.91 Å². The number of carbonyl (C=O) groups excluding carboxylic acids is 1. The summed E-state index contributed by atoms with van der Waals surface area (Å²) >= 11 is 0. The summed E-state index contributed by atoms with van der Waals surface area (Å²) < 4.78 is 10.6. The number of aromatic nitrogens is 2. The number of aryl methyl sites for hydroxylation is 1. The number of rotatable bonds is 8. The quantitative estimate of drug-likeness (QED) is 0.562. The largest absolute Gasteiger partial charge is 0.497 e. The number of ether oxygens (including phenoxy) is 1. The minimum absolute atomic E-state index is 0.0136. The summed E-state index contributed by atoms with van der Waals surface area (Å²) in [6, 6.07) is 15.3. The fourth-order valence-corrected chi connectivity index (χ4v) is 3.03. The van der Waals surface area contributed by atoms with Crippen LogP contribution in [0, 0.1) is 6.92 Å². The maximum atomic E-state index is 13.0. The third-order valence-electron chi connectivity index (χ3n) is 5.07. The normalized spacial score (nSPS) is 11.9. The fraction of sp³-hybridized carbons (Fsp3) is 0.348. The van der Waals surface area contributed by atoms with Gasteiger partial charge in [0.1, 0.15) is 5.75 Å². The van der Waals surface area contributed by atoms with Gasteiger partial charge in [-0.2, -0.15) is 4.98 Å². The standard InChI is InChI=1S/C23H27N3O3/c1-5-17(3)26(23(27)19-10-12-20(28-4)13-11-19)15-14-21-24-22(25-29-21)18-8-6-16(2)7-9-18/h6-13,17H,5,14-15H2,1-4H3/t17-/m0/s1. The van der Waals surface area contributed by atoms with Crippen LogP contribution in [-0.2, 0) is 6.42 Å². The van der Waals surface area contributed by atoms with Gasteiger partial charge in [-0.1, -0.05) is 41.9 Å². The van der Waals surface area contributed by atoms with Crippen molar-refractivity contribution in [2.75, 3.05) is 13.7 Å². The van der Waals surface area contributed by atoms with E-state index in [1.54, 1.807) is 31.4 Å². The topological polar surface area (TPSA) is 68.5 Å². The zero-order valence-corrected chi connectivity index (χ0v) is 17.4. The molecule has 0 unspecified atom stereocenters. The van der Waals surface area contributed by atoms with Gasteiger partial charge >= 0.3 is 0 Å². The second kappa shape index (κ2) is 9.37. The Labute approximate surface area is 171 Å². The minimum Gasteiger partial charge on any atom is -0.497 e. The predicted molar refractivity (Wildman–Crippen MR) is 112 cm³/mol. The Morgan fingerprint density at radius 2 is 1.83 bits per heavy atom. The smallest absolute Gasteiger partial charge is 0.254 e. The molecule has 6 heteroatoms. The van der Waals surface area contributed by atoms with Crippen LogP contribution >= 0.6 is 0 Å². The number of methoxy groups -OCH3 is 1. The molecule has 6 nitrogen and oxygen atoms in total. The molecular formula is C23H27N3O3. The van der Waals surface area contributed by atoms with Crippen molar-refractivity contribution in [3.05, 3.63) is 65.5 Å². The number of amides is 1. The Kier molecular flexibility index (Phi) is 6.65. The average Bonchev–Trinajstić information content (AvgIpc) is 3.23. The van der Waals surface area contributed by atoms with Crippen LogP contribution in [0.4, 0.5) is 0 Å². The second-order valence-electron chi connectivity index (χ2n) is 7.11. The molecule has 0 fully saturated rings. The Balaban J connectivity index is 1.70. The molecule has 0 saturated heterocycles. The Hall–Kier alpha value is -3.15. The van der Waals surface area contributed by atoms with Gasteiger partial charge in [0, 0.05) is 30.1 Å². The number of hydrogen-bond acceptors (Lipinski definition) is 5. The highest BCUT2D eigenvalue weighted by molar-refractivity contribution is 5.94. The van der Waals surface area contributed by atoms with Gasteiger partial charge in [-0.15, -0.1) is 0 Å². The van der Waals surface area contributed by atoms with E-state index in [4.69, 9.17) is 9.26 Å². The lowest BCUT2D eigenvalue weighted by Gasteiger charge is -2.28. The monoisotopic (exact) mass is 393 g/mol. The first kappa shape index (κ1) is 20.6. The van der Waals surface area contributed by atoms with Crippen LogP contribution in [0.2, 0.25) is 0 Å². The number of nitrogens with zero attached hydrogens (tertiary/aromatic N) is 3. The molecule has 1 aromatic heterocycles. The number of carbonyl (C=O) groups is 1. The van der Waals surface area contributed by atoms with Gasteiger partial charge in [0.15, 0.2) is 0 Å². The molecular weight excluding hydrogens is 366 g/mol. The lowest BCUT2D eigenvalue weighted by molar-refractivity contribution is 0.0686. The van der Waals surface area contributed by atoms with Crippen LogP contribution in [0.25, 0.3) is 11.4 Å². The van der Waals surface area contributed by atoms with E-state index in [0.29, 0.717) is 30.2 Å². The van der Waals surface area contributed by atoms with Gasteiger partial charge in [0.2, 0.25) is 11.7 Å². The molecule has 152 valence electrons. The molecule has 0 saturated carbocycles. The van der Waals surface area contributed by atoms with Gasteiger partial charge < -0.3 is 14.2 Å². The minimum atomic E-state index is -0.0136. The lowest BCUT2D eigenvalue weighted by atomic mass is 10.1. The zero-order valence-electron chi connectivity index (χ0n) is 17.4. The van der Waals surface area contributed by atoms with E-state index in [0.717, 1.165) is 17.7 Å². The van der Waals surface area contributed by atoms with Gasteiger partial charge in [0.05, 0.1) is 7.11 Å². The van der Waals surface area contributed by atoms with E-state index in [1.807, 2.05) is 43.0 Å². The average molecular weight is 393 g/mol. The molecule has 0 bridgehead atoms. The van der Waals surface area contributed by atoms with Crippen LogP contribution in [-0.4, -0.2) is 40.6 Å². The molecule has 0 N–H and O–H groups in total. The summed E-state index contributed by atoms with van der Waals surface area (Å²) in [7, 11) is 1.61. The van der Waals surface area contributed by atoms with Crippen molar-refractivity contribution < 1.29 is 14.1 Å². The molecule has 0 aliphatic carbocycles. The van der Waals surface area contributed by atoms with E-state index >= 15 is 0 Å². The molecule has 0 radical (unpaired) electrons. The summed E-state index contributed by atoms with van der Waals surface area (Å²) in [6.45, 7) is 6.66. The molecule has 1 amide bonds. The Morgan fingerprint density at radius 3 is 2.45 bits per heavy atom. The fourth-order valence-electron chi connectivity index (χ4n) is 3.03. The summed E-state index contributed by atoms with van der Waals surface area (Å²) in [5, 5.41) is 4.08. The molecule has 0 aliphatic rings. The number of benzene rings is 2. The molecule has 29 heavy (non-hydrogen) atoms. The third-order valence-corrected chi connectivity index (χ3v) is 5.07. The maximum Gasteiger partial charge on any atom is 0.254 e. The Bertz CT molecular complexity index is 933. The van der Waals surface area contributed by atoms with E-state index in [9.17, 15) is 4.79 Å². The van der Waals surface area contributed by atoms with Crippen molar-refractivity contribution in [1.82, 2.24) is 15.0 Å². The molecule has 3 rings (SSSR count). The highest BCUT2D eigenvalue weighted by Gasteiger charge is 2.21. The van der Waals surface area contributed by atoms with Crippen LogP contribution in [0.1, 0.15) is 42.1 Å². The van der Waals surface area contributed by atoms with Crippen molar-refractivity contribution in [1.29, 1.82) is 0 Å². The van der Waals surface area contributed by atoms with Gasteiger partial charge in [-0.3, -0.25) is 4.79 Å². The van der Waals surface area contributed by atoms with E-state index < -0.39 is 0 Å². The molecule has 3 aromatic rings. The summed E-state index contributed by atoms with van der Waals surface area (Å²) in [6.07, 6.45) is 1.37. The second-order valence-corrected chi connectivity index (χ2v) is 7.11. The first-order chi connectivity index (χ1) is 14.0. The van der Waals surface area contributed by atoms with Crippen molar-refractivity contribution in [3.8, 4) is 17.1 Å². The van der Waals surface area contributed by atoms with Crippen molar-refractivity contribution in [2.45, 2.75) is 39.7 Å². The molecule has 0 aliphatic heterocycles. The van der Waals surface area contributed by atoms with Gasteiger partial charge in [-0.05, 0) is 44.5 Å². The van der Waals surface area contributed by atoms with Crippen LogP contribution < -0.4 is 4.74 Å². The first-order valence-electron chi connectivity index (χ1n) is 9.86. The summed E-state index contributed by atoms with van der Waals surface area (Å²) in [5.74, 6) is 1.80. The number of hydrogen-bond donors (Lipinski definition) is 0. The SMILES string of the molecule is CC[C@H](C)N(CCc1nc(-c2ccc(C)cc2)no1)C(=O)c1ccc(OC)cc1. The van der Waals surface area contributed by atoms with Crippen LogP contribution in [0.3, 0.4) is 0 Å². The summed E-state index contributed by atoms with van der Waals surface area (Å²) in [5.41, 5.74) is 2.73. The van der Waals surface area contributed by atoms with E-state index in [1.165, 1.54) is 5.56 Å². The third kappa shape index (κ3) is 5.02. The summed E-state index contributed by atoms with van der Waals surface area (Å²) in [4.78, 5) is 19.4. The molecule has 1 atom stereocenters. The van der Waals surface area contributed by atoms with E-state index in [2.05, 4.69) is 17.1 Å². The molecule has 0 spiro atoms. The zero-order chi connectivity index (χ0) is 20.8. The molecule has 1 heterocycles. The maximum absolute atomic E-state index is 13.0. The van der Waals surface area contributed by atoms with Crippen LogP contribution in [0.5, 0.6) is 5.75 Å². The predicted octanol–water partition coefficient (Wildman–Crippen LogP) is 4.54. The van der Waals surface area contributed by atoms with Crippen LogP contribution in [0.15, 0.2) is 53.1 Å². The highest BCUT2D eigenvalue weighted by atomic mass is 16.5. The lowest BCUT2D eigenvalue weighted by Crippen LogP contribution is -2.39. The van der Waals surface area contributed by atoms with Crippen molar-refractivity contribution >= 4 is 5.91 Å². The van der Waals surface area contributed by atoms with Gasteiger partial charge in [-0.25, -0.2) is 0 Å². The van der Waals surface area contributed by atoms with E-state index in [-0.39, 0.29) is 11.9 Å². The Morgan fingerprint density at radius 1 is 1.14 bits per heavy atom. The van der Waals surface area contributed by atoms with Crippen molar-refractivity contribution in [3.63, 3.8) is 0 Å². The first-order valence-corrected chi connectivity index (χ1v) is 9.86.